The number of nitrogens with zero attached hydrogens (tertiary/aromatic N) is 7. The van der Waals surface area contributed by atoms with Gasteiger partial charge in [-0.25, -0.2) is 15.0 Å². The highest BCUT2D eigenvalue weighted by atomic mass is 16.5. The van der Waals surface area contributed by atoms with E-state index in [0.29, 0.717) is 33.7 Å². The number of anilines is 2. The minimum Gasteiger partial charge on any atom is -0.467 e. The van der Waals surface area contributed by atoms with E-state index in [0.717, 1.165) is 0 Å². The molecule has 0 radical (unpaired) electrons. The van der Waals surface area contributed by atoms with Crippen molar-refractivity contribution in [2.45, 2.75) is 13.0 Å². The summed E-state index contributed by atoms with van der Waals surface area (Å²) in [5.74, 6) is 0.686. The van der Waals surface area contributed by atoms with Crippen LogP contribution in [0.1, 0.15) is 24.4 Å². The van der Waals surface area contributed by atoms with Crippen LogP contribution in [0.25, 0.3) is 27.8 Å². The van der Waals surface area contributed by atoms with Gasteiger partial charge in [0.25, 0.3) is 5.56 Å². The molecule has 1 atom stereocenters. The van der Waals surface area contributed by atoms with Crippen LogP contribution in [0, 0.1) is 11.3 Å². The number of fused-ring (bicyclic) bond motifs is 1. The Morgan fingerprint density at radius 2 is 1.86 bits per heavy atom. The van der Waals surface area contributed by atoms with Crippen molar-refractivity contribution in [1.82, 2.24) is 29.5 Å². The van der Waals surface area contributed by atoms with Gasteiger partial charge in [-0.05, 0) is 31.2 Å². The van der Waals surface area contributed by atoms with Crippen molar-refractivity contribution in [3.05, 3.63) is 88.7 Å². The first-order chi connectivity index (χ1) is 18.0. The second kappa shape index (κ2) is 9.71. The van der Waals surface area contributed by atoms with Crippen molar-refractivity contribution in [3.63, 3.8) is 0 Å². The maximum absolute atomic E-state index is 14.2. The zero-order valence-corrected chi connectivity index (χ0v) is 20.0. The third kappa shape index (κ3) is 4.39. The van der Waals surface area contributed by atoms with Crippen LogP contribution in [0.5, 0.6) is 6.01 Å². The second-order valence-corrected chi connectivity index (χ2v) is 8.04. The van der Waals surface area contributed by atoms with Gasteiger partial charge >= 0.3 is 6.01 Å². The summed E-state index contributed by atoms with van der Waals surface area (Å²) in [5.41, 5.74) is 7.93. The lowest BCUT2D eigenvalue weighted by Crippen LogP contribution is -2.28. The van der Waals surface area contributed by atoms with E-state index in [2.05, 4.69) is 25.3 Å². The molecule has 182 valence electrons. The van der Waals surface area contributed by atoms with Crippen molar-refractivity contribution in [1.29, 1.82) is 5.26 Å². The number of hydrogen-bond acceptors (Lipinski definition) is 10. The van der Waals surface area contributed by atoms with Gasteiger partial charge in [0.1, 0.15) is 23.3 Å². The number of ether oxygens (including phenoxy) is 1. The van der Waals surface area contributed by atoms with Gasteiger partial charge in [-0.2, -0.15) is 15.2 Å². The Kier molecular flexibility index (Phi) is 6.13. The van der Waals surface area contributed by atoms with Gasteiger partial charge in [-0.15, -0.1) is 0 Å². The molecule has 3 N–H and O–H groups in total. The van der Waals surface area contributed by atoms with Crippen LogP contribution in [-0.2, 0) is 0 Å². The molecule has 11 nitrogen and oxygen atoms in total. The number of nitrogen functional groups attached to an aromatic ring is 1. The predicted molar refractivity (Wildman–Crippen MR) is 138 cm³/mol. The molecular weight excluding hydrogens is 470 g/mol. The van der Waals surface area contributed by atoms with Crippen molar-refractivity contribution in [2.24, 2.45) is 0 Å². The molecule has 0 amide bonds. The second-order valence-electron chi connectivity index (χ2n) is 8.04. The van der Waals surface area contributed by atoms with E-state index in [-0.39, 0.29) is 28.9 Å². The van der Waals surface area contributed by atoms with Crippen LogP contribution in [0.4, 0.5) is 11.8 Å². The number of hydrogen-bond donors (Lipinski definition) is 2. The number of aromatic nitrogens is 6. The Bertz CT molecular complexity index is 1710. The molecule has 0 aliphatic heterocycles. The van der Waals surface area contributed by atoms with Crippen molar-refractivity contribution in [3.8, 4) is 29.0 Å². The Hall–Kier alpha value is -5.37. The third-order valence-electron chi connectivity index (χ3n) is 5.70. The Morgan fingerprint density at radius 3 is 2.62 bits per heavy atom. The van der Waals surface area contributed by atoms with E-state index >= 15 is 0 Å². The highest BCUT2D eigenvalue weighted by Gasteiger charge is 2.22. The van der Waals surface area contributed by atoms with Crippen molar-refractivity contribution in [2.75, 3.05) is 18.2 Å². The molecule has 5 aromatic rings. The monoisotopic (exact) mass is 491 g/mol. The van der Waals surface area contributed by atoms with E-state index in [1.165, 1.54) is 13.3 Å². The lowest BCUT2D eigenvalue weighted by atomic mass is 10.1. The number of nitrogens with two attached hydrogens (primary N) is 1. The average Bonchev–Trinajstić information content (AvgIpc) is 2.93. The van der Waals surface area contributed by atoms with Crippen LogP contribution in [0.3, 0.4) is 0 Å². The standard InChI is InChI=1S/C26H21N9O2/c1-15(31-22-16(13-27)14-30-25(28)34-22)23-32-20-10-6-9-18(19-11-12-29-26(33-19)37-2)21(20)24(36)35(23)17-7-4-3-5-8-17/h3-12,14-15H,1-2H3,(H3,28,30,31,34). The lowest BCUT2D eigenvalue weighted by molar-refractivity contribution is 0.380. The minimum atomic E-state index is -0.540. The number of rotatable bonds is 6. The molecule has 0 spiro atoms. The molecule has 1 unspecified atom stereocenters. The smallest absolute Gasteiger partial charge is 0.316 e. The van der Waals surface area contributed by atoms with Crippen molar-refractivity contribution < 1.29 is 4.74 Å². The van der Waals surface area contributed by atoms with Crippen LogP contribution in [0.2, 0.25) is 0 Å². The zero-order chi connectivity index (χ0) is 25.9. The predicted octanol–water partition coefficient (Wildman–Crippen LogP) is 3.27. The molecule has 5 rings (SSSR count). The summed E-state index contributed by atoms with van der Waals surface area (Å²) in [6.07, 6.45) is 2.92. The van der Waals surface area contributed by atoms with Gasteiger partial charge in [-0.1, -0.05) is 30.3 Å². The Labute approximate surface area is 211 Å². The molecule has 11 heteroatoms. The SMILES string of the molecule is COc1nccc(-c2cccc3nc(C(C)Nc4nc(N)ncc4C#N)n(-c4ccccc4)c(=O)c23)n1. The molecule has 3 aromatic heterocycles. The highest BCUT2D eigenvalue weighted by molar-refractivity contribution is 5.93. The molecule has 0 saturated heterocycles. The van der Waals surface area contributed by atoms with Gasteiger partial charge in [0.2, 0.25) is 5.95 Å². The zero-order valence-electron chi connectivity index (χ0n) is 20.0. The molecule has 0 saturated carbocycles. The fourth-order valence-electron chi connectivity index (χ4n) is 4.02. The molecule has 2 aromatic carbocycles. The summed E-state index contributed by atoms with van der Waals surface area (Å²) in [5, 5.41) is 13.1. The van der Waals surface area contributed by atoms with Crippen LogP contribution in [-0.4, -0.2) is 36.6 Å². The first-order valence-corrected chi connectivity index (χ1v) is 11.3. The molecule has 37 heavy (non-hydrogen) atoms. The number of para-hydroxylation sites is 1. The van der Waals surface area contributed by atoms with E-state index < -0.39 is 6.04 Å². The summed E-state index contributed by atoms with van der Waals surface area (Å²) in [6, 6.07) is 18.0. The molecule has 0 fully saturated rings. The number of nitrogens with one attached hydrogen (secondary N) is 1. The molecule has 0 aliphatic rings. The first-order valence-electron chi connectivity index (χ1n) is 11.3. The van der Waals surface area contributed by atoms with Crippen LogP contribution < -0.4 is 21.3 Å². The lowest BCUT2D eigenvalue weighted by Gasteiger charge is -2.21. The van der Waals surface area contributed by atoms with Crippen molar-refractivity contribution >= 4 is 22.7 Å². The average molecular weight is 492 g/mol. The van der Waals surface area contributed by atoms with Gasteiger partial charge in [0.15, 0.2) is 0 Å². The fourth-order valence-corrected chi connectivity index (χ4v) is 4.02. The molecule has 0 bridgehead atoms. The quantitative estimate of drug-likeness (QED) is 0.361. The summed E-state index contributed by atoms with van der Waals surface area (Å²) < 4.78 is 6.71. The Morgan fingerprint density at radius 1 is 1.05 bits per heavy atom. The van der Waals surface area contributed by atoms with Crippen LogP contribution in [0.15, 0.2) is 71.8 Å². The number of nitriles is 1. The molecule has 3 heterocycles. The Balaban J connectivity index is 1.74. The summed E-state index contributed by atoms with van der Waals surface area (Å²) in [6.45, 7) is 1.83. The maximum atomic E-state index is 14.2. The largest absolute Gasteiger partial charge is 0.467 e. The maximum Gasteiger partial charge on any atom is 0.316 e. The summed E-state index contributed by atoms with van der Waals surface area (Å²) in [7, 11) is 1.48. The van der Waals surface area contributed by atoms with Crippen LogP contribution >= 0.6 is 0 Å². The van der Waals surface area contributed by atoms with Gasteiger partial charge < -0.3 is 15.8 Å². The molecule has 0 aliphatic carbocycles. The normalized spacial score (nSPS) is 11.6. The van der Waals surface area contributed by atoms with E-state index in [1.54, 1.807) is 22.9 Å². The minimum absolute atomic E-state index is 0.0190. The van der Waals surface area contributed by atoms with Gasteiger partial charge in [0.05, 0.1) is 41.6 Å². The summed E-state index contributed by atoms with van der Waals surface area (Å²) >= 11 is 0. The number of methoxy groups -OCH3 is 1. The van der Waals surface area contributed by atoms with E-state index in [1.807, 2.05) is 55.5 Å². The highest BCUT2D eigenvalue weighted by Crippen LogP contribution is 2.28. The van der Waals surface area contributed by atoms with Gasteiger partial charge in [-0.3, -0.25) is 9.36 Å². The first kappa shape index (κ1) is 23.4. The molecular formula is C26H21N9O2. The number of benzene rings is 2. The van der Waals surface area contributed by atoms with Gasteiger partial charge in [0, 0.05) is 11.8 Å². The van der Waals surface area contributed by atoms with E-state index in [4.69, 9.17) is 15.5 Å². The fraction of sp³-hybridized carbons (Fsp3) is 0.115. The topological polar surface area (TPSA) is 158 Å². The summed E-state index contributed by atoms with van der Waals surface area (Å²) in [4.78, 5) is 35.6. The third-order valence-corrected chi connectivity index (χ3v) is 5.70. The van der Waals surface area contributed by atoms with E-state index in [9.17, 15) is 10.1 Å².